The van der Waals surface area contributed by atoms with Crippen molar-refractivity contribution < 1.29 is 9.63 Å². The average molecular weight is 375 g/mol. The Bertz CT molecular complexity index is 784. The molecule has 1 unspecified atom stereocenters. The van der Waals surface area contributed by atoms with Gasteiger partial charge in [0.1, 0.15) is 5.01 Å². The quantitative estimate of drug-likeness (QED) is 0.837. The standard InChI is InChI=1S/C19H26N4O2S/c1-12(24)15-8-20-17(26-15)10-23-9-14-3-2-6-19(14,11-23)18-21-16(22-25-18)7-13-4-5-13/h8,12-14,24H,2-7,9-11H2,1H3/t12?,14-,19-/m1/s1. The molecule has 0 spiro atoms. The number of fused-ring (bicyclic) bond motifs is 1. The van der Waals surface area contributed by atoms with Crippen molar-refractivity contribution in [1.29, 1.82) is 0 Å². The number of thiazole rings is 1. The van der Waals surface area contributed by atoms with Gasteiger partial charge in [-0.25, -0.2) is 4.98 Å². The maximum absolute atomic E-state index is 9.72. The Hall–Kier alpha value is -1.31. The van der Waals surface area contributed by atoms with E-state index in [4.69, 9.17) is 9.51 Å². The van der Waals surface area contributed by atoms with Crippen molar-refractivity contribution in [2.75, 3.05) is 13.1 Å². The van der Waals surface area contributed by atoms with Crippen molar-refractivity contribution in [2.24, 2.45) is 11.8 Å². The second kappa shape index (κ2) is 6.39. The lowest BCUT2D eigenvalue weighted by molar-refractivity contribution is 0.203. The minimum absolute atomic E-state index is 0.0408. The van der Waals surface area contributed by atoms with Crippen LogP contribution in [0.3, 0.4) is 0 Å². The number of hydrogen-bond acceptors (Lipinski definition) is 7. The van der Waals surface area contributed by atoms with Crippen molar-refractivity contribution in [1.82, 2.24) is 20.0 Å². The molecule has 5 rings (SSSR count). The lowest BCUT2D eigenvalue weighted by Crippen LogP contribution is -2.32. The van der Waals surface area contributed by atoms with Gasteiger partial charge in [-0.05, 0) is 44.4 Å². The first-order valence-corrected chi connectivity index (χ1v) is 10.6. The van der Waals surface area contributed by atoms with Gasteiger partial charge >= 0.3 is 0 Å². The summed E-state index contributed by atoms with van der Waals surface area (Å²) in [4.78, 5) is 12.7. The third kappa shape index (κ3) is 3.00. The van der Waals surface area contributed by atoms with Crippen LogP contribution >= 0.6 is 11.3 Å². The van der Waals surface area contributed by atoms with Crippen molar-refractivity contribution in [2.45, 2.75) is 63.5 Å². The second-order valence-corrected chi connectivity index (χ2v) is 9.56. The van der Waals surface area contributed by atoms with Gasteiger partial charge < -0.3 is 9.63 Å². The summed E-state index contributed by atoms with van der Waals surface area (Å²) in [6, 6.07) is 0. The fourth-order valence-electron chi connectivity index (χ4n) is 4.76. The van der Waals surface area contributed by atoms with E-state index < -0.39 is 6.10 Å². The maximum Gasteiger partial charge on any atom is 0.234 e. The van der Waals surface area contributed by atoms with Gasteiger partial charge in [0.2, 0.25) is 5.89 Å². The minimum Gasteiger partial charge on any atom is -0.388 e. The smallest absolute Gasteiger partial charge is 0.234 e. The lowest BCUT2D eigenvalue weighted by atomic mass is 9.80. The van der Waals surface area contributed by atoms with Gasteiger partial charge in [0.25, 0.3) is 0 Å². The predicted molar refractivity (Wildman–Crippen MR) is 97.8 cm³/mol. The fourth-order valence-corrected chi connectivity index (χ4v) is 5.67. The van der Waals surface area contributed by atoms with Gasteiger partial charge in [0.05, 0.1) is 22.9 Å². The van der Waals surface area contributed by atoms with Crippen LogP contribution in [0.25, 0.3) is 0 Å². The topological polar surface area (TPSA) is 75.3 Å². The first-order valence-electron chi connectivity index (χ1n) is 9.80. The number of aromatic nitrogens is 3. The molecule has 2 aromatic heterocycles. The van der Waals surface area contributed by atoms with E-state index in [1.807, 2.05) is 0 Å². The summed E-state index contributed by atoms with van der Waals surface area (Å²) in [6.07, 6.45) is 8.62. The highest BCUT2D eigenvalue weighted by Gasteiger charge is 2.54. The zero-order chi connectivity index (χ0) is 17.7. The third-order valence-corrected chi connectivity index (χ3v) is 7.50. The highest BCUT2D eigenvalue weighted by molar-refractivity contribution is 7.11. The van der Waals surface area contributed by atoms with E-state index in [2.05, 4.69) is 15.0 Å². The van der Waals surface area contributed by atoms with Gasteiger partial charge in [0, 0.05) is 25.7 Å². The molecule has 2 saturated carbocycles. The summed E-state index contributed by atoms with van der Waals surface area (Å²) in [6.45, 7) is 4.69. The molecule has 3 aliphatic rings. The number of nitrogens with zero attached hydrogens (tertiary/aromatic N) is 4. The summed E-state index contributed by atoms with van der Waals surface area (Å²) < 4.78 is 5.78. The Morgan fingerprint density at radius 2 is 2.31 bits per heavy atom. The average Bonchev–Trinajstić information content (AvgIpc) is 3.01. The molecule has 3 heterocycles. The monoisotopic (exact) mass is 374 g/mol. The molecule has 140 valence electrons. The summed E-state index contributed by atoms with van der Waals surface area (Å²) in [5.74, 6) is 3.17. The molecule has 6 nitrogen and oxygen atoms in total. The van der Waals surface area contributed by atoms with E-state index in [-0.39, 0.29) is 5.41 Å². The van der Waals surface area contributed by atoms with Crippen LogP contribution in [0.2, 0.25) is 0 Å². The lowest BCUT2D eigenvalue weighted by Gasteiger charge is -2.24. The van der Waals surface area contributed by atoms with Gasteiger partial charge in [-0.3, -0.25) is 4.90 Å². The molecule has 2 aromatic rings. The SMILES string of the molecule is CC(O)c1cnc(CN2C[C@H]3CCC[C@@]3(c3nc(CC4CC4)no3)C2)s1. The number of rotatable bonds is 6. The largest absolute Gasteiger partial charge is 0.388 e. The molecule has 1 N–H and O–H groups in total. The Labute approximate surface area is 157 Å². The van der Waals surface area contributed by atoms with Crippen LogP contribution in [-0.2, 0) is 18.4 Å². The first kappa shape index (κ1) is 16.8. The zero-order valence-electron chi connectivity index (χ0n) is 15.2. The van der Waals surface area contributed by atoms with E-state index in [0.29, 0.717) is 5.92 Å². The van der Waals surface area contributed by atoms with E-state index >= 15 is 0 Å². The number of aliphatic hydroxyl groups is 1. The highest BCUT2D eigenvalue weighted by Crippen LogP contribution is 2.50. The van der Waals surface area contributed by atoms with Gasteiger partial charge in [-0.15, -0.1) is 11.3 Å². The Morgan fingerprint density at radius 1 is 1.42 bits per heavy atom. The second-order valence-electron chi connectivity index (χ2n) is 8.41. The summed E-state index contributed by atoms with van der Waals surface area (Å²) in [5, 5.41) is 15.1. The van der Waals surface area contributed by atoms with E-state index in [1.165, 1.54) is 25.7 Å². The van der Waals surface area contributed by atoms with Crippen LogP contribution in [0.15, 0.2) is 10.7 Å². The highest BCUT2D eigenvalue weighted by atomic mass is 32.1. The third-order valence-electron chi connectivity index (χ3n) is 6.35. The molecule has 7 heteroatoms. The number of likely N-dealkylation sites (tertiary alicyclic amines) is 1. The van der Waals surface area contributed by atoms with Crippen LogP contribution in [0.5, 0.6) is 0 Å². The summed E-state index contributed by atoms with van der Waals surface area (Å²) in [7, 11) is 0. The molecule has 3 fully saturated rings. The van der Waals surface area contributed by atoms with E-state index in [1.54, 1.807) is 24.5 Å². The van der Waals surface area contributed by atoms with Crippen molar-refractivity contribution >= 4 is 11.3 Å². The Balaban J connectivity index is 1.32. The van der Waals surface area contributed by atoms with Crippen LogP contribution in [-0.4, -0.2) is 38.2 Å². The summed E-state index contributed by atoms with van der Waals surface area (Å²) >= 11 is 1.61. The molecule has 2 aliphatic carbocycles. The predicted octanol–water partition coefficient (Wildman–Crippen LogP) is 3.09. The number of hydrogen-bond donors (Lipinski definition) is 1. The molecule has 0 radical (unpaired) electrons. The van der Waals surface area contributed by atoms with Crippen molar-refractivity contribution in [3.8, 4) is 0 Å². The molecule has 0 bridgehead atoms. The first-order chi connectivity index (χ1) is 12.6. The summed E-state index contributed by atoms with van der Waals surface area (Å²) in [5.41, 5.74) is 0.0408. The molecule has 0 aromatic carbocycles. The van der Waals surface area contributed by atoms with E-state index in [9.17, 15) is 5.11 Å². The molecule has 1 aliphatic heterocycles. The van der Waals surface area contributed by atoms with E-state index in [0.717, 1.165) is 60.0 Å². The van der Waals surface area contributed by atoms with Gasteiger partial charge in [-0.2, -0.15) is 4.98 Å². The van der Waals surface area contributed by atoms with Crippen LogP contribution in [0.4, 0.5) is 0 Å². The van der Waals surface area contributed by atoms with Crippen molar-refractivity contribution in [3.63, 3.8) is 0 Å². The Kier molecular flexibility index (Phi) is 4.14. The molecule has 3 atom stereocenters. The molecular weight excluding hydrogens is 348 g/mol. The van der Waals surface area contributed by atoms with Crippen LogP contribution in [0, 0.1) is 11.8 Å². The van der Waals surface area contributed by atoms with Crippen LogP contribution in [0.1, 0.15) is 66.7 Å². The Morgan fingerprint density at radius 3 is 3.08 bits per heavy atom. The molecule has 26 heavy (non-hydrogen) atoms. The van der Waals surface area contributed by atoms with Gasteiger partial charge in [0.15, 0.2) is 5.82 Å². The molecular formula is C19H26N4O2S. The van der Waals surface area contributed by atoms with Crippen LogP contribution < -0.4 is 0 Å². The fraction of sp³-hybridized carbons (Fsp3) is 0.737. The zero-order valence-corrected chi connectivity index (χ0v) is 16.0. The molecule has 0 amide bonds. The van der Waals surface area contributed by atoms with Gasteiger partial charge in [-0.1, -0.05) is 11.6 Å². The maximum atomic E-state index is 9.72. The molecule has 1 saturated heterocycles. The van der Waals surface area contributed by atoms with Crippen molar-refractivity contribution in [3.05, 3.63) is 27.8 Å². The minimum atomic E-state index is -0.436. The number of aliphatic hydroxyl groups excluding tert-OH is 1. The normalized spacial score (nSPS) is 30.0.